The lowest BCUT2D eigenvalue weighted by Crippen LogP contribution is -2.41. The number of benzene rings is 2. The molecule has 1 fully saturated rings. The average molecular weight is 417 g/mol. The third kappa shape index (κ3) is 3.86. The molecule has 7 heteroatoms. The van der Waals surface area contributed by atoms with Crippen LogP contribution in [0.4, 0.5) is 5.69 Å². The van der Waals surface area contributed by atoms with E-state index in [1.807, 2.05) is 32.1 Å². The molecular formula is C24H23N3O4. The van der Waals surface area contributed by atoms with Gasteiger partial charge in [-0.2, -0.15) is 0 Å². The minimum atomic E-state index is -0.499. The Labute approximate surface area is 180 Å². The number of nitrogens with zero attached hydrogens (tertiary/aromatic N) is 1. The van der Waals surface area contributed by atoms with Gasteiger partial charge in [0.25, 0.3) is 11.8 Å². The van der Waals surface area contributed by atoms with E-state index in [2.05, 4.69) is 10.9 Å². The lowest BCUT2D eigenvalue weighted by atomic mass is 9.85. The number of hydrogen-bond acceptors (Lipinski definition) is 4. The summed E-state index contributed by atoms with van der Waals surface area (Å²) in [5.74, 6) is -1.92. The summed E-state index contributed by atoms with van der Waals surface area (Å²) in [7, 11) is 0. The Balaban J connectivity index is 1.40. The molecule has 2 aromatic carbocycles. The zero-order valence-corrected chi connectivity index (χ0v) is 17.3. The monoisotopic (exact) mass is 417 g/mol. The van der Waals surface area contributed by atoms with E-state index in [1.165, 1.54) is 17.0 Å². The molecular weight excluding hydrogens is 394 g/mol. The SMILES string of the molecule is Cc1ccc(C(=O)NNC(=O)c2ccc(N3C(=O)C4CC=CCC4C3=O)cc2)cc1C. The number of hydrogen-bond donors (Lipinski definition) is 2. The summed E-state index contributed by atoms with van der Waals surface area (Å²) in [6.45, 7) is 3.87. The van der Waals surface area contributed by atoms with Gasteiger partial charge in [0.15, 0.2) is 0 Å². The van der Waals surface area contributed by atoms with E-state index >= 15 is 0 Å². The van der Waals surface area contributed by atoms with E-state index < -0.39 is 11.8 Å². The van der Waals surface area contributed by atoms with Crippen molar-refractivity contribution in [2.45, 2.75) is 26.7 Å². The topological polar surface area (TPSA) is 95.6 Å². The molecule has 0 bridgehead atoms. The van der Waals surface area contributed by atoms with Crippen molar-refractivity contribution in [3.63, 3.8) is 0 Å². The Hall–Kier alpha value is -3.74. The van der Waals surface area contributed by atoms with Crippen LogP contribution in [0.5, 0.6) is 0 Å². The molecule has 2 atom stereocenters. The summed E-state index contributed by atoms with van der Waals surface area (Å²) < 4.78 is 0. The largest absolute Gasteiger partial charge is 0.274 e. The molecule has 31 heavy (non-hydrogen) atoms. The number of imide groups is 1. The fourth-order valence-corrected chi connectivity index (χ4v) is 3.96. The number of anilines is 1. The van der Waals surface area contributed by atoms with Gasteiger partial charge in [-0.25, -0.2) is 0 Å². The van der Waals surface area contributed by atoms with Crippen LogP contribution in [0.15, 0.2) is 54.6 Å². The fraction of sp³-hybridized carbons (Fsp3) is 0.250. The highest BCUT2D eigenvalue weighted by molar-refractivity contribution is 6.22. The maximum atomic E-state index is 12.7. The van der Waals surface area contributed by atoms with E-state index in [9.17, 15) is 19.2 Å². The third-order valence-electron chi connectivity index (χ3n) is 5.95. The van der Waals surface area contributed by atoms with Crippen molar-refractivity contribution in [3.05, 3.63) is 76.9 Å². The Bertz CT molecular complexity index is 1080. The first-order valence-corrected chi connectivity index (χ1v) is 10.2. The van der Waals surface area contributed by atoms with Gasteiger partial charge in [0.05, 0.1) is 17.5 Å². The number of nitrogens with one attached hydrogen (secondary N) is 2. The van der Waals surface area contributed by atoms with Gasteiger partial charge in [-0.3, -0.25) is 34.9 Å². The highest BCUT2D eigenvalue weighted by Gasteiger charge is 2.47. The highest BCUT2D eigenvalue weighted by atomic mass is 16.2. The van der Waals surface area contributed by atoms with Crippen molar-refractivity contribution < 1.29 is 19.2 Å². The van der Waals surface area contributed by atoms with Crippen molar-refractivity contribution in [2.75, 3.05) is 4.90 Å². The van der Waals surface area contributed by atoms with Crippen LogP contribution in [0, 0.1) is 25.7 Å². The van der Waals surface area contributed by atoms with Gasteiger partial charge in [-0.1, -0.05) is 18.2 Å². The van der Waals surface area contributed by atoms with Crippen LogP contribution >= 0.6 is 0 Å². The van der Waals surface area contributed by atoms with Crippen molar-refractivity contribution in [3.8, 4) is 0 Å². The van der Waals surface area contributed by atoms with Gasteiger partial charge in [0.2, 0.25) is 11.8 Å². The molecule has 1 saturated heterocycles. The Kier molecular flexibility index (Phi) is 5.42. The number of amides is 4. The molecule has 0 aromatic heterocycles. The minimum Gasteiger partial charge on any atom is -0.274 e. The summed E-state index contributed by atoms with van der Waals surface area (Å²) in [6.07, 6.45) is 5.03. The molecule has 2 unspecified atom stereocenters. The van der Waals surface area contributed by atoms with E-state index in [0.717, 1.165) is 11.1 Å². The van der Waals surface area contributed by atoms with Gasteiger partial charge in [0, 0.05) is 11.1 Å². The second kappa shape index (κ2) is 8.18. The summed E-state index contributed by atoms with van der Waals surface area (Å²) in [5, 5.41) is 0. The van der Waals surface area contributed by atoms with Crippen LogP contribution in [0.2, 0.25) is 0 Å². The molecule has 1 heterocycles. The smallest absolute Gasteiger partial charge is 0.269 e. The molecule has 4 amide bonds. The zero-order valence-electron chi connectivity index (χ0n) is 17.3. The highest BCUT2D eigenvalue weighted by Crippen LogP contribution is 2.37. The molecule has 2 N–H and O–H groups in total. The van der Waals surface area contributed by atoms with Crippen molar-refractivity contribution >= 4 is 29.3 Å². The standard InChI is InChI=1S/C24H23N3O4/c1-14-7-8-17(13-15(14)2)22(29)26-25-21(28)16-9-11-18(12-10-16)27-23(30)19-5-3-4-6-20(19)24(27)31/h3-4,7-13,19-20H,5-6H2,1-2H3,(H,25,28)(H,26,29). The maximum absolute atomic E-state index is 12.7. The number of carbonyl (C=O) groups excluding carboxylic acids is 4. The van der Waals surface area contributed by atoms with Crippen LogP contribution < -0.4 is 15.8 Å². The first-order chi connectivity index (χ1) is 14.9. The van der Waals surface area contributed by atoms with Crippen LogP contribution in [-0.4, -0.2) is 23.6 Å². The summed E-state index contributed by atoms with van der Waals surface area (Å²) in [5.41, 5.74) is 8.02. The van der Waals surface area contributed by atoms with Gasteiger partial charge in [-0.05, 0) is 74.2 Å². The average Bonchev–Trinajstić information content (AvgIpc) is 3.04. The second-order valence-corrected chi connectivity index (χ2v) is 7.92. The Morgan fingerprint density at radius 2 is 1.29 bits per heavy atom. The first-order valence-electron chi connectivity index (χ1n) is 10.2. The minimum absolute atomic E-state index is 0.197. The molecule has 1 aliphatic heterocycles. The van der Waals surface area contributed by atoms with E-state index in [0.29, 0.717) is 29.7 Å². The summed E-state index contributed by atoms with van der Waals surface area (Å²) in [4.78, 5) is 51.2. The molecule has 0 radical (unpaired) electrons. The number of allylic oxidation sites excluding steroid dienone is 2. The predicted octanol–water partition coefficient (Wildman–Crippen LogP) is 2.83. The van der Waals surface area contributed by atoms with Crippen molar-refractivity contribution in [1.29, 1.82) is 0 Å². The Morgan fingerprint density at radius 1 is 0.774 bits per heavy atom. The fourth-order valence-electron chi connectivity index (χ4n) is 3.96. The lowest BCUT2D eigenvalue weighted by molar-refractivity contribution is -0.122. The zero-order chi connectivity index (χ0) is 22.1. The van der Waals surface area contributed by atoms with Gasteiger partial charge in [0.1, 0.15) is 0 Å². The number of hydrazine groups is 1. The van der Waals surface area contributed by atoms with Crippen LogP contribution in [-0.2, 0) is 9.59 Å². The molecule has 158 valence electrons. The van der Waals surface area contributed by atoms with Crippen LogP contribution in [0.25, 0.3) is 0 Å². The van der Waals surface area contributed by atoms with Crippen LogP contribution in [0.1, 0.15) is 44.7 Å². The molecule has 2 aliphatic rings. The summed E-state index contributed by atoms with van der Waals surface area (Å²) >= 11 is 0. The van der Waals surface area contributed by atoms with E-state index in [-0.39, 0.29) is 23.7 Å². The van der Waals surface area contributed by atoms with Gasteiger partial charge < -0.3 is 0 Å². The van der Waals surface area contributed by atoms with Crippen molar-refractivity contribution in [2.24, 2.45) is 11.8 Å². The first kappa shape index (κ1) is 20.5. The maximum Gasteiger partial charge on any atom is 0.269 e. The number of rotatable bonds is 3. The van der Waals surface area contributed by atoms with Gasteiger partial charge in [-0.15, -0.1) is 0 Å². The lowest BCUT2D eigenvalue weighted by Gasteiger charge is -2.15. The normalized spacial score (nSPS) is 19.9. The third-order valence-corrected chi connectivity index (χ3v) is 5.95. The number of carbonyl (C=O) groups is 4. The number of fused-ring (bicyclic) bond motifs is 1. The van der Waals surface area contributed by atoms with Crippen molar-refractivity contribution in [1.82, 2.24) is 10.9 Å². The van der Waals surface area contributed by atoms with Gasteiger partial charge >= 0.3 is 0 Å². The molecule has 2 aromatic rings. The number of aryl methyl sites for hydroxylation is 2. The Morgan fingerprint density at radius 3 is 1.84 bits per heavy atom. The molecule has 7 nitrogen and oxygen atoms in total. The van der Waals surface area contributed by atoms with E-state index in [1.54, 1.807) is 24.3 Å². The van der Waals surface area contributed by atoms with E-state index in [4.69, 9.17) is 0 Å². The second-order valence-electron chi connectivity index (χ2n) is 7.92. The summed E-state index contributed by atoms with van der Waals surface area (Å²) in [6, 6.07) is 11.5. The predicted molar refractivity (Wildman–Crippen MR) is 115 cm³/mol. The quantitative estimate of drug-likeness (QED) is 0.456. The molecule has 4 rings (SSSR count). The molecule has 1 aliphatic carbocycles. The molecule has 0 saturated carbocycles. The molecule has 0 spiro atoms. The van der Waals surface area contributed by atoms with Crippen LogP contribution in [0.3, 0.4) is 0 Å².